The Labute approximate surface area is 223 Å². The third-order valence-corrected chi connectivity index (χ3v) is 4.66. The number of esters is 4. The highest BCUT2D eigenvalue weighted by Gasteiger charge is 2.14. The maximum absolute atomic E-state index is 12.5. The van der Waals surface area contributed by atoms with E-state index in [1.54, 1.807) is 0 Å². The fourth-order valence-corrected chi connectivity index (χ4v) is 2.80. The fourth-order valence-electron chi connectivity index (χ4n) is 2.80. The maximum atomic E-state index is 12.5. The van der Waals surface area contributed by atoms with Crippen LogP contribution in [0.3, 0.4) is 0 Å². The molecule has 0 unspecified atom stereocenters. The van der Waals surface area contributed by atoms with Gasteiger partial charge in [0.15, 0.2) is 0 Å². The number of carbonyl (C=O) groups excluding carboxylic acids is 4. The molecule has 8 nitrogen and oxygen atoms in total. The average Bonchev–Trinajstić information content (AvgIpc) is 2.97. The highest BCUT2D eigenvalue weighted by molar-refractivity contribution is 5.95. The Morgan fingerprint density at radius 2 is 0.923 bits per heavy atom. The molecule has 0 N–H and O–H groups in total. The normalized spacial score (nSPS) is 8.92. The van der Waals surface area contributed by atoms with Gasteiger partial charge in [-0.15, -0.1) is 6.42 Å². The van der Waals surface area contributed by atoms with Crippen LogP contribution < -0.4 is 9.47 Å². The van der Waals surface area contributed by atoms with Crippen molar-refractivity contribution in [1.82, 2.24) is 0 Å². The van der Waals surface area contributed by atoms with Gasteiger partial charge in [-0.25, -0.2) is 19.2 Å². The molecule has 0 atom stereocenters. The summed E-state index contributed by atoms with van der Waals surface area (Å²) in [6.07, 6.45) is 7.08. The minimum atomic E-state index is -0.723. The van der Waals surface area contributed by atoms with Gasteiger partial charge >= 0.3 is 23.9 Å². The van der Waals surface area contributed by atoms with Crippen molar-refractivity contribution in [2.75, 3.05) is 7.11 Å². The smallest absolute Gasteiger partial charge is 0.352 e. The second kappa shape index (κ2) is 13.8. The van der Waals surface area contributed by atoms with Crippen molar-refractivity contribution in [1.29, 1.82) is 0 Å². The first-order valence-electron chi connectivity index (χ1n) is 10.9. The van der Waals surface area contributed by atoms with E-state index in [0.29, 0.717) is 5.56 Å². The van der Waals surface area contributed by atoms with E-state index in [4.69, 9.17) is 20.6 Å². The van der Waals surface area contributed by atoms with Crippen molar-refractivity contribution in [2.24, 2.45) is 0 Å². The molecule has 0 radical (unpaired) electrons. The maximum Gasteiger partial charge on any atom is 0.352 e. The van der Waals surface area contributed by atoms with Gasteiger partial charge in [-0.1, -0.05) is 0 Å². The van der Waals surface area contributed by atoms with Crippen LogP contribution in [-0.2, 0) is 9.47 Å². The van der Waals surface area contributed by atoms with E-state index in [0.717, 1.165) is 0 Å². The van der Waals surface area contributed by atoms with Crippen LogP contribution in [0.4, 0.5) is 0 Å². The molecule has 0 aliphatic rings. The third-order valence-electron chi connectivity index (χ3n) is 4.66. The predicted molar refractivity (Wildman–Crippen MR) is 138 cm³/mol. The van der Waals surface area contributed by atoms with E-state index >= 15 is 0 Å². The van der Waals surface area contributed by atoms with Crippen LogP contribution in [-0.4, -0.2) is 31.0 Å². The Hall–Kier alpha value is -6.22. The van der Waals surface area contributed by atoms with Crippen molar-refractivity contribution in [3.8, 4) is 59.6 Å². The van der Waals surface area contributed by atoms with Crippen LogP contribution in [0.5, 0.6) is 11.5 Å². The fraction of sp³-hybridized carbons (Fsp3) is 0.0323. The van der Waals surface area contributed by atoms with Gasteiger partial charge in [0.05, 0.1) is 29.4 Å². The first-order chi connectivity index (χ1) is 18.9. The van der Waals surface area contributed by atoms with E-state index in [9.17, 15) is 19.2 Å². The number of benzene rings is 3. The summed E-state index contributed by atoms with van der Waals surface area (Å²) in [7, 11) is 1.27. The summed E-state index contributed by atoms with van der Waals surface area (Å²) < 4.78 is 19.9. The highest BCUT2D eigenvalue weighted by atomic mass is 16.5. The molecule has 0 aromatic heterocycles. The lowest BCUT2D eigenvalue weighted by Gasteiger charge is -2.07. The van der Waals surface area contributed by atoms with Crippen molar-refractivity contribution in [2.45, 2.75) is 0 Å². The summed E-state index contributed by atoms with van der Waals surface area (Å²) in [6, 6.07) is 17.1. The second-order valence-corrected chi connectivity index (χ2v) is 7.16. The third kappa shape index (κ3) is 8.16. The Morgan fingerprint density at radius 1 is 0.538 bits per heavy atom. The Kier molecular flexibility index (Phi) is 9.66. The minimum absolute atomic E-state index is 0.173. The van der Waals surface area contributed by atoms with Crippen molar-refractivity contribution < 1.29 is 38.1 Å². The molecule has 0 spiro atoms. The largest absolute Gasteiger partial charge is 0.465 e. The molecule has 3 aromatic carbocycles. The van der Waals surface area contributed by atoms with Crippen LogP contribution in [0.1, 0.15) is 41.4 Å². The lowest BCUT2D eigenvalue weighted by Crippen LogP contribution is -2.11. The average molecular weight is 516 g/mol. The van der Waals surface area contributed by atoms with Gasteiger partial charge in [0.25, 0.3) is 0 Å². The number of ether oxygens (including phenoxy) is 4. The molecule has 0 aliphatic heterocycles. The summed E-state index contributed by atoms with van der Waals surface area (Å²) in [6.45, 7) is 0. The molecule has 0 heterocycles. The zero-order chi connectivity index (χ0) is 28.0. The molecule has 3 rings (SSSR count). The molecular weight excluding hydrogens is 500 g/mol. The zero-order valence-electron chi connectivity index (χ0n) is 20.3. The van der Waals surface area contributed by atoms with E-state index in [1.165, 1.54) is 79.9 Å². The molecule has 0 aliphatic carbocycles. The van der Waals surface area contributed by atoms with Gasteiger partial charge in [-0.3, -0.25) is 0 Å². The first kappa shape index (κ1) is 27.4. The molecule has 0 saturated carbocycles. The number of rotatable bonds is 6. The van der Waals surface area contributed by atoms with Gasteiger partial charge in [0, 0.05) is 17.8 Å². The predicted octanol–water partition coefficient (Wildman–Crippen LogP) is 3.67. The van der Waals surface area contributed by atoms with Crippen molar-refractivity contribution in [3.05, 3.63) is 95.1 Å². The van der Waals surface area contributed by atoms with E-state index < -0.39 is 23.9 Å². The van der Waals surface area contributed by atoms with Crippen LogP contribution in [0.2, 0.25) is 0 Å². The summed E-state index contributed by atoms with van der Waals surface area (Å²) >= 11 is 0. The lowest BCUT2D eigenvalue weighted by atomic mass is 10.1. The molecule has 8 heteroatoms. The summed E-state index contributed by atoms with van der Waals surface area (Å²) in [5, 5.41) is 0. The molecule has 0 bridgehead atoms. The quantitative estimate of drug-likeness (QED) is 0.278. The van der Waals surface area contributed by atoms with Gasteiger partial charge < -0.3 is 18.9 Å². The molecule has 188 valence electrons. The van der Waals surface area contributed by atoms with Gasteiger partial charge in [-0.05, 0) is 90.6 Å². The first-order valence-corrected chi connectivity index (χ1v) is 10.9. The topological polar surface area (TPSA) is 105 Å². The molecule has 39 heavy (non-hydrogen) atoms. The number of hydrogen-bond donors (Lipinski definition) is 0. The molecule has 0 fully saturated rings. The lowest BCUT2D eigenvalue weighted by molar-refractivity contribution is 0.0599. The summed E-state index contributed by atoms with van der Waals surface area (Å²) in [5.74, 6) is 11.6. The number of terminal acetylenes is 1. The van der Waals surface area contributed by atoms with E-state index in [-0.39, 0.29) is 28.2 Å². The van der Waals surface area contributed by atoms with E-state index in [1.807, 2.05) is 0 Å². The van der Waals surface area contributed by atoms with Crippen molar-refractivity contribution in [3.63, 3.8) is 0 Å². The zero-order valence-corrected chi connectivity index (χ0v) is 20.3. The van der Waals surface area contributed by atoms with Gasteiger partial charge in [-0.2, -0.15) is 0 Å². The van der Waals surface area contributed by atoms with Crippen molar-refractivity contribution >= 4 is 23.9 Å². The Morgan fingerprint density at radius 3 is 1.38 bits per heavy atom. The van der Waals surface area contributed by atoms with Crippen LogP contribution in [0, 0.1) is 48.1 Å². The van der Waals surface area contributed by atoms with Gasteiger partial charge in [0.2, 0.25) is 0 Å². The SMILES string of the molecule is C#CC#CC#CC#COC(=O)c1ccc(OC(=O)c2ccc(C(=O)Oc3ccc(C(=O)OC)cc3)cc2)cc1. The number of methoxy groups -OCH3 is 1. The van der Waals surface area contributed by atoms with E-state index in [2.05, 4.69) is 46.4 Å². The summed E-state index contributed by atoms with van der Waals surface area (Å²) in [5.41, 5.74) is 0.864. The second-order valence-electron chi connectivity index (χ2n) is 7.16. The standard InChI is InChI=1S/C31H16O8/c1-3-4-5-6-7-8-21-37-29(33)23-15-19-27(20-16-23)39-31(35)25-11-9-24(10-12-25)30(34)38-26-17-13-22(14-18-26)28(32)36-2/h1,9-20H,2H3. The molecule has 3 aromatic rings. The monoisotopic (exact) mass is 516 g/mol. The number of carbonyl (C=O) groups is 4. The minimum Gasteiger partial charge on any atom is -0.465 e. The van der Waals surface area contributed by atoms with Crippen LogP contribution >= 0.6 is 0 Å². The van der Waals surface area contributed by atoms with Crippen LogP contribution in [0.15, 0.2) is 72.8 Å². The Balaban J connectivity index is 1.54. The number of hydrogen-bond acceptors (Lipinski definition) is 8. The Bertz CT molecular complexity index is 1620. The molecule has 0 amide bonds. The molecule has 0 saturated heterocycles. The summed E-state index contributed by atoms with van der Waals surface area (Å²) in [4.78, 5) is 48.3. The highest BCUT2D eigenvalue weighted by Crippen LogP contribution is 2.17. The van der Waals surface area contributed by atoms with Gasteiger partial charge in [0.1, 0.15) is 17.6 Å². The molecular formula is C31H16O8. The van der Waals surface area contributed by atoms with Crippen LogP contribution in [0.25, 0.3) is 0 Å².